The van der Waals surface area contributed by atoms with E-state index in [1.807, 2.05) is 0 Å². The van der Waals surface area contributed by atoms with E-state index in [-0.39, 0.29) is 22.1 Å². The van der Waals surface area contributed by atoms with Crippen LogP contribution in [0, 0.1) is 5.92 Å². The minimum atomic E-state index is -3.67. The highest BCUT2D eigenvalue weighted by atomic mass is 32.2. The Morgan fingerprint density at radius 1 is 1.12 bits per heavy atom. The predicted octanol–water partition coefficient (Wildman–Crippen LogP) is 0.285. The molecule has 0 radical (unpaired) electrons. The molecule has 1 N–H and O–H groups in total. The third-order valence-electron chi connectivity index (χ3n) is 5.34. The fourth-order valence-electron chi connectivity index (χ4n) is 3.87. The van der Waals surface area contributed by atoms with E-state index in [0.717, 1.165) is 24.3 Å². The number of sulfonamides is 1. The average Bonchev–Trinajstić information content (AvgIpc) is 3.13. The van der Waals surface area contributed by atoms with Gasteiger partial charge in [0.05, 0.1) is 16.0 Å². The zero-order valence-electron chi connectivity index (χ0n) is 13.4. The molecule has 3 aliphatic rings. The number of nitrogens with one attached hydrogen (secondary N) is 1. The summed E-state index contributed by atoms with van der Waals surface area (Å²) >= 11 is 0. The molecule has 0 aliphatic carbocycles. The van der Waals surface area contributed by atoms with Gasteiger partial charge in [0.1, 0.15) is 0 Å². The quantitative estimate of drug-likeness (QED) is 0.775. The molecule has 3 heterocycles. The normalized spacial score (nSPS) is 27.5. The largest absolute Gasteiger partial charge is 0.312 e. The molecule has 2 atom stereocenters. The van der Waals surface area contributed by atoms with Gasteiger partial charge in [0.25, 0.3) is 11.8 Å². The van der Waals surface area contributed by atoms with E-state index in [9.17, 15) is 18.0 Å². The second-order valence-electron chi connectivity index (χ2n) is 6.64. The fourth-order valence-corrected chi connectivity index (χ4v) is 5.38. The lowest BCUT2D eigenvalue weighted by Gasteiger charge is -2.34. The van der Waals surface area contributed by atoms with Crippen molar-refractivity contribution in [1.82, 2.24) is 14.5 Å². The Balaban J connectivity index is 1.66. The van der Waals surface area contributed by atoms with Crippen LogP contribution < -0.4 is 5.32 Å². The van der Waals surface area contributed by atoms with Crippen molar-refractivity contribution in [3.05, 3.63) is 29.3 Å². The zero-order valence-corrected chi connectivity index (χ0v) is 14.2. The lowest BCUT2D eigenvalue weighted by molar-refractivity contribution is 0.0693. The van der Waals surface area contributed by atoms with Gasteiger partial charge in [-0.15, -0.1) is 0 Å². The molecule has 24 heavy (non-hydrogen) atoms. The second kappa shape index (κ2) is 5.37. The molecule has 0 unspecified atom stereocenters. The van der Waals surface area contributed by atoms with Crippen LogP contribution in [0.5, 0.6) is 0 Å². The molecule has 1 aromatic carbocycles. The fraction of sp³-hybridized carbons (Fsp3) is 0.500. The maximum Gasteiger partial charge on any atom is 0.261 e. The molecule has 2 fully saturated rings. The van der Waals surface area contributed by atoms with Crippen LogP contribution in [-0.4, -0.2) is 62.2 Å². The van der Waals surface area contributed by atoms with Crippen molar-refractivity contribution in [2.75, 3.05) is 26.7 Å². The summed E-state index contributed by atoms with van der Waals surface area (Å²) in [7, 11) is -2.27. The Hall–Kier alpha value is -1.77. The van der Waals surface area contributed by atoms with Crippen molar-refractivity contribution in [2.24, 2.45) is 5.92 Å². The molecule has 0 bridgehead atoms. The zero-order chi connectivity index (χ0) is 17.1. The third kappa shape index (κ3) is 2.21. The highest BCUT2D eigenvalue weighted by molar-refractivity contribution is 7.89. The van der Waals surface area contributed by atoms with Gasteiger partial charge >= 0.3 is 0 Å². The number of rotatable bonds is 2. The summed E-state index contributed by atoms with van der Waals surface area (Å²) in [5.41, 5.74) is 0.426. The Morgan fingerprint density at radius 2 is 1.88 bits per heavy atom. The highest BCUT2D eigenvalue weighted by Crippen LogP contribution is 2.30. The predicted molar refractivity (Wildman–Crippen MR) is 86.1 cm³/mol. The summed E-state index contributed by atoms with van der Waals surface area (Å²) in [6.45, 7) is 1.89. The van der Waals surface area contributed by atoms with Crippen LogP contribution in [0.1, 0.15) is 33.6 Å². The van der Waals surface area contributed by atoms with E-state index >= 15 is 0 Å². The Kier molecular flexibility index (Phi) is 3.52. The van der Waals surface area contributed by atoms with Crippen LogP contribution in [-0.2, 0) is 10.0 Å². The second-order valence-corrected chi connectivity index (χ2v) is 8.58. The van der Waals surface area contributed by atoms with Gasteiger partial charge in [-0.3, -0.25) is 14.5 Å². The summed E-state index contributed by atoms with van der Waals surface area (Å²) in [5.74, 6) is -0.303. The molecule has 0 spiro atoms. The number of amides is 2. The van der Waals surface area contributed by atoms with Gasteiger partial charge in [0.15, 0.2) is 0 Å². The van der Waals surface area contributed by atoms with Crippen LogP contribution >= 0.6 is 0 Å². The standard InChI is InChI=1S/C16H19N3O4S/c1-18-15(20)12-3-2-11(8-13(12)16(18)21)24(22,23)19-7-5-10-4-6-17-14(10)9-19/h2-3,8,10,14,17H,4-7,9H2,1H3/t10-,14+/m0/s1. The number of nitrogens with zero attached hydrogens (tertiary/aromatic N) is 2. The van der Waals surface area contributed by atoms with Gasteiger partial charge in [0.2, 0.25) is 10.0 Å². The number of hydrogen-bond donors (Lipinski definition) is 1. The number of hydrogen-bond acceptors (Lipinski definition) is 5. The first kappa shape index (κ1) is 15.7. The minimum Gasteiger partial charge on any atom is -0.312 e. The first-order chi connectivity index (χ1) is 11.4. The Morgan fingerprint density at radius 3 is 2.67 bits per heavy atom. The molecule has 7 nitrogen and oxygen atoms in total. The van der Waals surface area contributed by atoms with E-state index in [1.54, 1.807) is 0 Å². The first-order valence-electron chi connectivity index (χ1n) is 8.09. The van der Waals surface area contributed by atoms with Gasteiger partial charge in [-0.25, -0.2) is 8.42 Å². The molecule has 1 aromatic rings. The molecule has 2 amide bonds. The summed E-state index contributed by atoms with van der Waals surface area (Å²) in [6.07, 6.45) is 1.95. The van der Waals surface area contributed by atoms with E-state index in [4.69, 9.17) is 0 Å². The van der Waals surface area contributed by atoms with E-state index in [0.29, 0.717) is 19.0 Å². The smallest absolute Gasteiger partial charge is 0.261 e. The van der Waals surface area contributed by atoms with Gasteiger partial charge in [-0.05, 0) is 43.5 Å². The van der Waals surface area contributed by atoms with Crippen LogP contribution in [0.25, 0.3) is 0 Å². The lowest BCUT2D eigenvalue weighted by Crippen LogP contribution is -2.48. The summed E-state index contributed by atoms with van der Waals surface area (Å²) < 4.78 is 27.4. The van der Waals surface area contributed by atoms with E-state index < -0.39 is 21.8 Å². The topological polar surface area (TPSA) is 86.8 Å². The van der Waals surface area contributed by atoms with Crippen LogP contribution in [0.2, 0.25) is 0 Å². The molecule has 0 aromatic heterocycles. The summed E-state index contributed by atoms with van der Waals surface area (Å²) in [5, 5.41) is 3.36. The van der Waals surface area contributed by atoms with Crippen molar-refractivity contribution in [1.29, 1.82) is 0 Å². The molecule has 2 saturated heterocycles. The Labute approximate surface area is 140 Å². The lowest BCUT2D eigenvalue weighted by atomic mass is 9.94. The number of imide groups is 1. The minimum absolute atomic E-state index is 0.0779. The van der Waals surface area contributed by atoms with Crippen LogP contribution in [0.4, 0.5) is 0 Å². The summed E-state index contributed by atoms with van der Waals surface area (Å²) in [4.78, 5) is 25.1. The van der Waals surface area contributed by atoms with E-state index in [2.05, 4.69) is 5.32 Å². The van der Waals surface area contributed by atoms with Crippen molar-refractivity contribution < 1.29 is 18.0 Å². The maximum absolute atomic E-state index is 12.9. The van der Waals surface area contributed by atoms with Gasteiger partial charge in [0, 0.05) is 26.2 Å². The monoisotopic (exact) mass is 349 g/mol. The molecular formula is C16H19N3O4S. The highest BCUT2D eigenvalue weighted by Gasteiger charge is 2.39. The van der Waals surface area contributed by atoms with Crippen molar-refractivity contribution in [3.63, 3.8) is 0 Å². The number of piperidine rings is 1. The average molecular weight is 349 g/mol. The first-order valence-corrected chi connectivity index (χ1v) is 9.53. The van der Waals surface area contributed by atoms with Gasteiger partial charge in [-0.2, -0.15) is 4.31 Å². The maximum atomic E-state index is 12.9. The van der Waals surface area contributed by atoms with Gasteiger partial charge < -0.3 is 5.32 Å². The SMILES string of the molecule is CN1C(=O)c2ccc(S(=O)(=O)N3CC[C@@H]4CCN[C@@H]4C3)cc2C1=O. The van der Waals surface area contributed by atoms with Crippen LogP contribution in [0.15, 0.2) is 23.1 Å². The van der Waals surface area contributed by atoms with Crippen molar-refractivity contribution in [2.45, 2.75) is 23.8 Å². The summed E-state index contributed by atoms with van der Waals surface area (Å²) in [6, 6.07) is 4.40. The number of fused-ring (bicyclic) bond motifs is 2. The van der Waals surface area contributed by atoms with E-state index in [1.165, 1.54) is 29.6 Å². The number of carbonyl (C=O) groups is 2. The number of carbonyl (C=O) groups excluding carboxylic acids is 2. The van der Waals surface area contributed by atoms with Gasteiger partial charge in [-0.1, -0.05) is 0 Å². The van der Waals surface area contributed by atoms with Crippen LogP contribution in [0.3, 0.4) is 0 Å². The molecule has 4 rings (SSSR count). The van der Waals surface area contributed by atoms with Crippen molar-refractivity contribution in [3.8, 4) is 0 Å². The van der Waals surface area contributed by atoms with Crippen molar-refractivity contribution >= 4 is 21.8 Å². The molecule has 8 heteroatoms. The molecule has 128 valence electrons. The third-order valence-corrected chi connectivity index (χ3v) is 7.20. The number of benzene rings is 1. The molecule has 0 saturated carbocycles. The molecule has 3 aliphatic heterocycles. The Bertz CT molecular complexity index is 836. The molecular weight excluding hydrogens is 330 g/mol.